The molecule has 1 N–H and O–H groups in total. The number of hydrogen-bond donors (Lipinski definition) is 1. The average Bonchev–Trinajstić information content (AvgIpc) is 2.76. The Bertz CT molecular complexity index is 741. The van der Waals surface area contributed by atoms with Gasteiger partial charge in [-0.25, -0.2) is 13.1 Å². The molecule has 0 saturated heterocycles. The van der Waals surface area contributed by atoms with Crippen molar-refractivity contribution in [3.63, 3.8) is 0 Å². The monoisotopic (exact) mass is 301 g/mol. The zero-order chi connectivity index (χ0) is 14.4. The number of nitrogens with one attached hydrogen (secondary N) is 1. The Labute approximate surface area is 115 Å². The highest BCUT2D eigenvalue weighted by molar-refractivity contribution is 7.89. The van der Waals surface area contributed by atoms with E-state index in [4.69, 9.17) is 0 Å². The Kier molecular flexibility index (Phi) is 3.40. The highest BCUT2D eigenvalue weighted by atomic mass is 32.2. The molecule has 8 heteroatoms. The molecule has 0 radical (unpaired) electrons. The first-order valence-corrected chi connectivity index (χ1v) is 8.38. The molecule has 1 amide bonds. The van der Waals surface area contributed by atoms with Gasteiger partial charge in [0.2, 0.25) is 10.0 Å². The Morgan fingerprint density at radius 3 is 2.63 bits per heavy atom. The summed E-state index contributed by atoms with van der Waals surface area (Å²) in [6.07, 6.45) is 0.958. The van der Waals surface area contributed by atoms with Crippen LogP contribution in [0.15, 0.2) is 6.07 Å². The molecule has 0 unspecified atom stereocenters. The SMILES string of the molecule is CC(C)c1nn(C)c2sc(C(=O)NS(C)(=O)=O)cc12. The van der Waals surface area contributed by atoms with Crippen molar-refractivity contribution in [3.8, 4) is 0 Å². The summed E-state index contributed by atoms with van der Waals surface area (Å²) in [5.41, 5.74) is 0.909. The van der Waals surface area contributed by atoms with E-state index in [9.17, 15) is 13.2 Å². The van der Waals surface area contributed by atoms with Crippen molar-refractivity contribution in [3.05, 3.63) is 16.6 Å². The smallest absolute Gasteiger partial charge is 0.267 e. The first-order chi connectivity index (χ1) is 8.69. The van der Waals surface area contributed by atoms with E-state index >= 15 is 0 Å². The third-order valence-corrected chi connectivity index (χ3v) is 4.35. The van der Waals surface area contributed by atoms with Crippen molar-refractivity contribution in [2.24, 2.45) is 7.05 Å². The molecule has 0 atom stereocenters. The summed E-state index contributed by atoms with van der Waals surface area (Å²) in [6.45, 7) is 4.05. The molecule has 2 aromatic rings. The van der Waals surface area contributed by atoms with Crippen molar-refractivity contribution >= 4 is 37.5 Å². The predicted octanol–water partition coefficient (Wildman–Crippen LogP) is 1.45. The summed E-state index contributed by atoms with van der Waals surface area (Å²) in [4.78, 5) is 13.0. The Morgan fingerprint density at radius 2 is 2.11 bits per heavy atom. The molecule has 19 heavy (non-hydrogen) atoms. The number of amides is 1. The highest BCUT2D eigenvalue weighted by Crippen LogP contribution is 2.31. The lowest BCUT2D eigenvalue weighted by atomic mass is 10.1. The number of rotatable bonds is 3. The first-order valence-electron chi connectivity index (χ1n) is 5.67. The van der Waals surface area contributed by atoms with Crippen LogP contribution in [0.25, 0.3) is 10.2 Å². The van der Waals surface area contributed by atoms with Gasteiger partial charge in [0, 0.05) is 12.4 Å². The van der Waals surface area contributed by atoms with E-state index in [0.717, 1.165) is 22.2 Å². The van der Waals surface area contributed by atoms with Crippen LogP contribution in [0, 0.1) is 0 Å². The molecule has 0 aromatic carbocycles. The number of hydrogen-bond acceptors (Lipinski definition) is 5. The molecule has 0 saturated carbocycles. The quantitative estimate of drug-likeness (QED) is 0.930. The fourth-order valence-electron chi connectivity index (χ4n) is 1.82. The molecule has 0 aliphatic carbocycles. The van der Waals surface area contributed by atoms with Crippen LogP contribution in [0.4, 0.5) is 0 Å². The van der Waals surface area contributed by atoms with Crippen LogP contribution in [-0.4, -0.2) is 30.4 Å². The number of nitrogens with zero attached hydrogens (tertiary/aromatic N) is 2. The molecule has 2 aromatic heterocycles. The number of aryl methyl sites for hydroxylation is 1. The van der Waals surface area contributed by atoms with Gasteiger partial charge < -0.3 is 0 Å². The molecule has 0 spiro atoms. The lowest BCUT2D eigenvalue weighted by Crippen LogP contribution is -2.28. The summed E-state index contributed by atoms with van der Waals surface area (Å²) < 4.78 is 25.8. The third kappa shape index (κ3) is 2.79. The van der Waals surface area contributed by atoms with Crippen LogP contribution >= 0.6 is 11.3 Å². The summed E-state index contributed by atoms with van der Waals surface area (Å²) in [5.74, 6) is -0.359. The van der Waals surface area contributed by atoms with Crippen molar-refractivity contribution < 1.29 is 13.2 Å². The Balaban J connectivity index is 2.48. The molecule has 6 nitrogen and oxygen atoms in total. The van der Waals surface area contributed by atoms with Gasteiger partial charge in [0.05, 0.1) is 16.8 Å². The average molecular weight is 301 g/mol. The topological polar surface area (TPSA) is 81.1 Å². The van der Waals surface area contributed by atoms with E-state index in [1.807, 2.05) is 25.6 Å². The maximum absolute atomic E-state index is 11.8. The summed E-state index contributed by atoms with van der Waals surface area (Å²) in [7, 11) is -1.74. The van der Waals surface area contributed by atoms with Crippen LogP contribution in [-0.2, 0) is 17.1 Å². The molecule has 0 fully saturated rings. The van der Waals surface area contributed by atoms with Gasteiger partial charge in [-0.05, 0) is 12.0 Å². The lowest BCUT2D eigenvalue weighted by Gasteiger charge is -2.00. The first kappa shape index (κ1) is 14.0. The fraction of sp³-hybridized carbons (Fsp3) is 0.455. The van der Waals surface area contributed by atoms with Gasteiger partial charge in [-0.2, -0.15) is 5.10 Å². The van der Waals surface area contributed by atoms with E-state index < -0.39 is 15.9 Å². The summed E-state index contributed by atoms with van der Waals surface area (Å²) in [5, 5.41) is 5.31. The van der Waals surface area contributed by atoms with Crippen molar-refractivity contribution in [1.29, 1.82) is 0 Å². The minimum absolute atomic E-state index is 0.240. The van der Waals surface area contributed by atoms with Gasteiger partial charge >= 0.3 is 0 Å². The molecule has 0 bridgehead atoms. The molecule has 2 heterocycles. The normalized spacial score (nSPS) is 12.3. The molecule has 0 aliphatic rings. The van der Waals surface area contributed by atoms with Crippen LogP contribution in [0.1, 0.15) is 35.1 Å². The second-order valence-electron chi connectivity index (χ2n) is 4.70. The van der Waals surface area contributed by atoms with Crippen LogP contribution in [0.3, 0.4) is 0 Å². The number of thiophene rings is 1. The zero-order valence-electron chi connectivity index (χ0n) is 11.1. The van der Waals surface area contributed by atoms with E-state index in [2.05, 4.69) is 5.10 Å². The molecule has 2 rings (SSSR count). The van der Waals surface area contributed by atoms with E-state index in [-0.39, 0.29) is 5.92 Å². The van der Waals surface area contributed by atoms with Crippen LogP contribution in [0.2, 0.25) is 0 Å². The summed E-state index contributed by atoms with van der Waals surface area (Å²) >= 11 is 1.23. The number of sulfonamides is 1. The fourth-order valence-corrected chi connectivity index (χ4v) is 3.31. The van der Waals surface area contributed by atoms with Gasteiger partial charge in [-0.1, -0.05) is 13.8 Å². The number of fused-ring (bicyclic) bond motifs is 1. The van der Waals surface area contributed by atoms with Gasteiger partial charge in [-0.3, -0.25) is 9.48 Å². The molecular formula is C11H15N3O3S2. The molecular weight excluding hydrogens is 286 g/mol. The highest BCUT2D eigenvalue weighted by Gasteiger charge is 2.19. The van der Waals surface area contributed by atoms with Crippen LogP contribution in [0.5, 0.6) is 0 Å². The van der Waals surface area contributed by atoms with Gasteiger partial charge in [-0.15, -0.1) is 11.3 Å². The lowest BCUT2D eigenvalue weighted by molar-refractivity contribution is 0.0985. The summed E-state index contributed by atoms with van der Waals surface area (Å²) in [6, 6.07) is 1.70. The predicted molar refractivity (Wildman–Crippen MR) is 75.0 cm³/mol. The zero-order valence-corrected chi connectivity index (χ0v) is 12.7. The van der Waals surface area contributed by atoms with Gasteiger partial charge in [0.15, 0.2) is 0 Å². The van der Waals surface area contributed by atoms with E-state index in [1.165, 1.54) is 11.3 Å². The number of aromatic nitrogens is 2. The van der Waals surface area contributed by atoms with Gasteiger partial charge in [0.25, 0.3) is 5.91 Å². The van der Waals surface area contributed by atoms with Crippen LogP contribution < -0.4 is 4.72 Å². The number of carbonyl (C=O) groups excluding carboxylic acids is 1. The van der Waals surface area contributed by atoms with Crippen molar-refractivity contribution in [2.45, 2.75) is 19.8 Å². The maximum Gasteiger partial charge on any atom is 0.274 e. The third-order valence-electron chi connectivity index (χ3n) is 2.59. The van der Waals surface area contributed by atoms with E-state index in [0.29, 0.717) is 4.88 Å². The largest absolute Gasteiger partial charge is 0.274 e. The standard InChI is InChI=1S/C11H15N3O3S2/c1-6(2)9-7-5-8(10(15)13-19(4,16)17)18-11(7)14(3)12-9/h5-6H,1-4H3,(H,13,15). The van der Waals surface area contributed by atoms with Crippen molar-refractivity contribution in [1.82, 2.24) is 14.5 Å². The maximum atomic E-state index is 11.8. The second-order valence-corrected chi connectivity index (χ2v) is 7.48. The van der Waals surface area contributed by atoms with E-state index in [1.54, 1.807) is 10.7 Å². The Hall–Kier alpha value is -1.41. The molecule has 104 valence electrons. The van der Waals surface area contributed by atoms with Crippen molar-refractivity contribution in [2.75, 3.05) is 6.26 Å². The minimum Gasteiger partial charge on any atom is -0.267 e. The second kappa shape index (κ2) is 4.61. The minimum atomic E-state index is -3.54. The Morgan fingerprint density at radius 1 is 1.47 bits per heavy atom. The molecule has 0 aliphatic heterocycles. The van der Waals surface area contributed by atoms with Gasteiger partial charge in [0.1, 0.15) is 4.83 Å². The number of carbonyl (C=O) groups is 1.